The summed E-state index contributed by atoms with van der Waals surface area (Å²) in [5, 5.41) is 11.5. The van der Waals surface area contributed by atoms with Gasteiger partial charge in [-0.1, -0.05) is 19.9 Å². The predicted octanol–water partition coefficient (Wildman–Crippen LogP) is 1.17. The van der Waals surface area contributed by atoms with Crippen molar-refractivity contribution in [3.05, 3.63) is 36.3 Å². The zero-order chi connectivity index (χ0) is 14.0. The molecule has 0 aliphatic rings. The Morgan fingerprint density at radius 3 is 2.68 bits per heavy atom. The molecule has 6 heteroatoms. The van der Waals surface area contributed by atoms with E-state index in [1.807, 2.05) is 12.1 Å². The lowest BCUT2D eigenvalue weighted by atomic mass is 10.0. The van der Waals surface area contributed by atoms with Crippen LogP contribution in [0.2, 0.25) is 0 Å². The van der Waals surface area contributed by atoms with Crippen LogP contribution in [0.15, 0.2) is 30.6 Å². The van der Waals surface area contributed by atoms with E-state index in [1.54, 1.807) is 36.7 Å². The highest BCUT2D eigenvalue weighted by molar-refractivity contribution is 5.95. The highest BCUT2D eigenvalue weighted by Gasteiger charge is 2.24. The first kappa shape index (κ1) is 13.1. The van der Waals surface area contributed by atoms with Gasteiger partial charge in [-0.05, 0) is 18.1 Å². The molecule has 1 atom stereocenters. The predicted molar refractivity (Wildman–Crippen MR) is 68.9 cm³/mol. The van der Waals surface area contributed by atoms with Crippen molar-refractivity contribution < 1.29 is 14.7 Å². The minimum atomic E-state index is -1.05. The smallest absolute Gasteiger partial charge is 0.326 e. The number of imidazole rings is 1. The molecule has 2 rings (SSSR count). The highest BCUT2D eigenvalue weighted by Crippen LogP contribution is 2.07. The Bertz CT molecular complexity index is 585. The van der Waals surface area contributed by atoms with Gasteiger partial charge in [-0.2, -0.15) is 0 Å². The van der Waals surface area contributed by atoms with Gasteiger partial charge < -0.3 is 14.8 Å². The zero-order valence-electron chi connectivity index (χ0n) is 10.7. The summed E-state index contributed by atoms with van der Waals surface area (Å²) in [6, 6.07) is 4.49. The number of carbonyl (C=O) groups is 2. The first-order valence-electron chi connectivity index (χ1n) is 5.96. The Kier molecular flexibility index (Phi) is 3.50. The summed E-state index contributed by atoms with van der Waals surface area (Å²) in [6.07, 6.45) is 3.35. The number of nitrogens with zero attached hydrogens (tertiary/aromatic N) is 2. The van der Waals surface area contributed by atoms with Crippen molar-refractivity contribution in [3.63, 3.8) is 0 Å². The lowest BCUT2D eigenvalue weighted by Crippen LogP contribution is -2.44. The maximum Gasteiger partial charge on any atom is 0.326 e. The number of pyridine rings is 1. The van der Waals surface area contributed by atoms with E-state index in [0.717, 1.165) is 0 Å². The minimum absolute atomic E-state index is 0.196. The Morgan fingerprint density at radius 1 is 1.37 bits per heavy atom. The van der Waals surface area contributed by atoms with Crippen LogP contribution in [0.1, 0.15) is 24.3 Å². The van der Waals surface area contributed by atoms with E-state index in [9.17, 15) is 9.59 Å². The van der Waals surface area contributed by atoms with Crippen molar-refractivity contribution in [3.8, 4) is 0 Å². The average Bonchev–Trinajstić information content (AvgIpc) is 2.78. The van der Waals surface area contributed by atoms with Crippen LogP contribution in [0.5, 0.6) is 0 Å². The van der Waals surface area contributed by atoms with E-state index in [2.05, 4.69) is 10.3 Å². The number of nitrogens with one attached hydrogen (secondary N) is 1. The zero-order valence-corrected chi connectivity index (χ0v) is 10.7. The third-order valence-corrected chi connectivity index (χ3v) is 2.82. The van der Waals surface area contributed by atoms with Gasteiger partial charge in [0.1, 0.15) is 17.4 Å². The average molecular weight is 261 g/mol. The Labute approximate surface area is 110 Å². The number of aromatic nitrogens is 2. The fraction of sp³-hybridized carbons (Fsp3) is 0.308. The molecule has 0 fully saturated rings. The lowest BCUT2D eigenvalue weighted by molar-refractivity contribution is -0.140. The maximum absolute atomic E-state index is 12.0. The number of carboxylic acids is 1. The molecule has 0 aliphatic carbocycles. The molecule has 1 amide bonds. The summed E-state index contributed by atoms with van der Waals surface area (Å²) in [5.74, 6) is -1.73. The summed E-state index contributed by atoms with van der Waals surface area (Å²) >= 11 is 0. The summed E-state index contributed by atoms with van der Waals surface area (Å²) in [5.41, 5.74) is 0.849. The number of fused-ring (bicyclic) bond motifs is 1. The van der Waals surface area contributed by atoms with Gasteiger partial charge in [0, 0.05) is 12.4 Å². The molecule has 2 aromatic heterocycles. The molecule has 0 aromatic carbocycles. The molecule has 0 spiro atoms. The number of amides is 1. The molecule has 0 bridgehead atoms. The van der Waals surface area contributed by atoms with Crippen LogP contribution in [0.3, 0.4) is 0 Å². The van der Waals surface area contributed by atoms with E-state index in [-0.39, 0.29) is 11.6 Å². The maximum atomic E-state index is 12.0. The number of rotatable bonds is 4. The van der Waals surface area contributed by atoms with Crippen LogP contribution in [-0.4, -0.2) is 32.4 Å². The minimum Gasteiger partial charge on any atom is -0.480 e. The van der Waals surface area contributed by atoms with E-state index in [4.69, 9.17) is 5.11 Å². The molecule has 2 heterocycles. The highest BCUT2D eigenvalue weighted by atomic mass is 16.4. The molecule has 6 nitrogen and oxygen atoms in total. The van der Waals surface area contributed by atoms with Gasteiger partial charge in [-0.15, -0.1) is 0 Å². The van der Waals surface area contributed by atoms with Gasteiger partial charge in [0.15, 0.2) is 0 Å². The summed E-state index contributed by atoms with van der Waals surface area (Å²) in [4.78, 5) is 27.2. The van der Waals surface area contributed by atoms with Crippen molar-refractivity contribution in [2.75, 3.05) is 0 Å². The first-order chi connectivity index (χ1) is 8.99. The Morgan fingerprint density at radius 2 is 2.11 bits per heavy atom. The van der Waals surface area contributed by atoms with Crippen LogP contribution in [-0.2, 0) is 4.79 Å². The third-order valence-electron chi connectivity index (χ3n) is 2.82. The second-order valence-corrected chi connectivity index (χ2v) is 4.63. The van der Waals surface area contributed by atoms with Gasteiger partial charge in [0.2, 0.25) is 0 Å². The molecule has 2 N–H and O–H groups in total. The third kappa shape index (κ3) is 2.73. The van der Waals surface area contributed by atoms with Crippen LogP contribution >= 0.6 is 0 Å². The largest absolute Gasteiger partial charge is 0.480 e. The van der Waals surface area contributed by atoms with E-state index < -0.39 is 17.9 Å². The van der Waals surface area contributed by atoms with Gasteiger partial charge in [0.25, 0.3) is 5.91 Å². The number of carboxylic acid groups (broad SMARTS) is 1. The van der Waals surface area contributed by atoms with Crippen LogP contribution < -0.4 is 5.32 Å². The van der Waals surface area contributed by atoms with E-state index in [0.29, 0.717) is 5.65 Å². The SMILES string of the molecule is CC(C)C(NC(=O)c1cn2ccccc2n1)C(=O)O. The molecule has 1 unspecified atom stereocenters. The molecule has 19 heavy (non-hydrogen) atoms. The topological polar surface area (TPSA) is 83.7 Å². The van der Waals surface area contributed by atoms with Gasteiger partial charge in [-0.3, -0.25) is 4.79 Å². The van der Waals surface area contributed by atoms with E-state index >= 15 is 0 Å². The van der Waals surface area contributed by atoms with Crippen molar-refractivity contribution >= 4 is 17.5 Å². The summed E-state index contributed by atoms with van der Waals surface area (Å²) in [6.45, 7) is 3.48. The molecule has 0 radical (unpaired) electrons. The van der Waals surface area contributed by atoms with Gasteiger partial charge in [-0.25, -0.2) is 9.78 Å². The fourth-order valence-electron chi connectivity index (χ4n) is 1.77. The first-order valence-corrected chi connectivity index (χ1v) is 5.96. The van der Waals surface area contributed by atoms with Crippen LogP contribution in [0.25, 0.3) is 5.65 Å². The van der Waals surface area contributed by atoms with Crippen molar-refractivity contribution in [1.82, 2.24) is 14.7 Å². The second kappa shape index (κ2) is 5.09. The molecule has 2 aromatic rings. The van der Waals surface area contributed by atoms with Gasteiger partial charge >= 0.3 is 5.97 Å². The number of carbonyl (C=O) groups excluding carboxylic acids is 1. The molecule has 0 saturated heterocycles. The Balaban J connectivity index is 2.21. The summed E-state index contributed by atoms with van der Waals surface area (Å²) < 4.78 is 1.71. The van der Waals surface area contributed by atoms with Crippen LogP contribution in [0, 0.1) is 5.92 Å². The van der Waals surface area contributed by atoms with E-state index in [1.165, 1.54) is 0 Å². The molecule has 100 valence electrons. The standard InChI is InChI=1S/C13H15N3O3/c1-8(2)11(13(18)19)15-12(17)9-7-16-6-4-3-5-10(16)14-9/h3-8,11H,1-2H3,(H,15,17)(H,18,19). The normalized spacial score (nSPS) is 12.6. The van der Waals surface area contributed by atoms with Crippen molar-refractivity contribution in [1.29, 1.82) is 0 Å². The Hall–Kier alpha value is -2.37. The molecular weight excluding hydrogens is 246 g/mol. The summed E-state index contributed by atoms with van der Waals surface area (Å²) in [7, 11) is 0. The molecule has 0 saturated carbocycles. The number of aliphatic carboxylic acids is 1. The fourth-order valence-corrected chi connectivity index (χ4v) is 1.77. The van der Waals surface area contributed by atoms with Gasteiger partial charge in [0.05, 0.1) is 0 Å². The number of hydrogen-bond donors (Lipinski definition) is 2. The van der Waals surface area contributed by atoms with Crippen LogP contribution in [0.4, 0.5) is 0 Å². The molecular formula is C13H15N3O3. The van der Waals surface area contributed by atoms with Crippen molar-refractivity contribution in [2.24, 2.45) is 5.92 Å². The lowest BCUT2D eigenvalue weighted by Gasteiger charge is -2.16. The quantitative estimate of drug-likeness (QED) is 0.865. The van der Waals surface area contributed by atoms with Crippen molar-refractivity contribution in [2.45, 2.75) is 19.9 Å². The molecule has 0 aliphatic heterocycles. The monoisotopic (exact) mass is 261 g/mol. The number of hydrogen-bond acceptors (Lipinski definition) is 3. The second-order valence-electron chi connectivity index (χ2n) is 4.63.